The number of carbonyl (C=O) groups excluding carboxylic acids is 2. The number of thiol groups is 1. The molecule has 0 spiro atoms. The molecule has 5 rings (SSSR count). The fraction of sp³-hybridized carbons (Fsp3) is 0.346. The highest BCUT2D eigenvalue weighted by Crippen LogP contribution is 2.36. The van der Waals surface area contributed by atoms with E-state index in [0.29, 0.717) is 48.0 Å². The van der Waals surface area contributed by atoms with Crippen LogP contribution in [0.15, 0.2) is 47.8 Å². The van der Waals surface area contributed by atoms with Gasteiger partial charge in [-0.15, -0.1) is 12.6 Å². The minimum atomic E-state index is -0.438. The summed E-state index contributed by atoms with van der Waals surface area (Å²) in [5.41, 5.74) is 8.76. The molecule has 0 unspecified atom stereocenters. The molecule has 11 heteroatoms. The first kappa shape index (κ1) is 25.0. The van der Waals surface area contributed by atoms with E-state index in [1.807, 2.05) is 34.6 Å². The van der Waals surface area contributed by atoms with Gasteiger partial charge in [-0.3, -0.25) is 14.0 Å². The van der Waals surface area contributed by atoms with Crippen LogP contribution in [-0.4, -0.2) is 63.6 Å². The van der Waals surface area contributed by atoms with Gasteiger partial charge in [0.1, 0.15) is 22.9 Å². The zero-order chi connectivity index (χ0) is 26.2. The van der Waals surface area contributed by atoms with E-state index in [1.165, 1.54) is 5.41 Å². The van der Waals surface area contributed by atoms with Gasteiger partial charge in [0, 0.05) is 48.7 Å². The fourth-order valence-electron chi connectivity index (χ4n) is 4.95. The molecule has 1 atom stereocenters. The van der Waals surface area contributed by atoms with Crippen LogP contribution in [0.5, 0.6) is 0 Å². The van der Waals surface area contributed by atoms with Crippen molar-refractivity contribution in [2.24, 2.45) is 5.41 Å². The second-order valence-corrected chi connectivity index (χ2v) is 10.0. The van der Waals surface area contributed by atoms with E-state index in [2.05, 4.69) is 22.9 Å². The predicted octanol–water partition coefficient (Wildman–Crippen LogP) is 2.87. The molecule has 2 saturated heterocycles. The van der Waals surface area contributed by atoms with Crippen molar-refractivity contribution in [2.75, 3.05) is 32.0 Å². The molecule has 2 aliphatic rings. The Hall–Kier alpha value is -3.70. The van der Waals surface area contributed by atoms with Crippen molar-refractivity contribution < 1.29 is 14.3 Å². The second kappa shape index (κ2) is 9.98. The number of likely N-dealkylation sites (tertiary alicyclic amines) is 1. The molecule has 10 nitrogen and oxygen atoms in total. The zero-order valence-corrected chi connectivity index (χ0v) is 21.4. The molecule has 1 aromatic carbocycles. The number of hydrogen-bond donors (Lipinski definition) is 4. The predicted molar refractivity (Wildman–Crippen MR) is 144 cm³/mol. The number of amides is 2. The summed E-state index contributed by atoms with van der Waals surface area (Å²) in [6.07, 6.45) is 6.32. The number of carbonyl (C=O) groups is 2. The molecule has 2 amide bonds. The van der Waals surface area contributed by atoms with E-state index in [0.717, 1.165) is 37.0 Å². The Morgan fingerprint density at radius 2 is 2.05 bits per heavy atom. The maximum Gasteiger partial charge on any atom is 0.255 e. The lowest BCUT2D eigenvalue weighted by Gasteiger charge is -2.42. The number of piperidine rings is 1. The normalized spacial score (nSPS) is 19.4. The number of benzene rings is 1. The number of nitrogen functional groups attached to an aromatic ring is 1. The van der Waals surface area contributed by atoms with Crippen molar-refractivity contribution in [1.82, 2.24) is 24.6 Å². The monoisotopic (exact) mass is 519 g/mol. The summed E-state index contributed by atoms with van der Waals surface area (Å²) in [5, 5.41) is 11.3. The largest absolute Gasteiger partial charge is 0.382 e. The Kier molecular flexibility index (Phi) is 6.74. The first-order valence-corrected chi connectivity index (χ1v) is 12.6. The third-order valence-corrected chi connectivity index (χ3v) is 7.29. The minimum absolute atomic E-state index is 0.0444. The van der Waals surface area contributed by atoms with Gasteiger partial charge in [0.25, 0.3) is 5.91 Å². The van der Waals surface area contributed by atoms with Gasteiger partial charge in [0.15, 0.2) is 0 Å². The van der Waals surface area contributed by atoms with Gasteiger partial charge in [-0.25, -0.2) is 9.97 Å². The van der Waals surface area contributed by atoms with Crippen molar-refractivity contribution in [3.8, 4) is 11.3 Å². The van der Waals surface area contributed by atoms with Crippen molar-refractivity contribution in [2.45, 2.75) is 25.7 Å². The average Bonchev–Trinajstić information content (AvgIpc) is 3.31. The molecule has 2 fully saturated rings. The Morgan fingerprint density at radius 3 is 2.70 bits per heavy atom. The van der Waals surface area contributed by atoms with E-state index in [9.17, 15) is 9.59 Å². The van der Waals surface area contributed by atoms with Crippen LogP contribution in [0.3, 0.4) is 0 Å². The molecular formula is C26H29N7O3S. The van der Waals surface area contributed by atoms with Crippen molar-refractivity contribution >= 4 is 42.0 Å². The molecule has 4 N–H and O–H groups in total. The third-order valence-electron chi connectivity index (χ3n) is 7.01. The molecular weight excluding hydrogens is 490 g/mol. The summed E-state index contributed by atoms with van der Waals surface area (Å²) in [6.45, 7) is 4.21. The van der Waals surface area contributed by atoms with Crippen LogP contribution >= 0.6 is 12.6 Å². The lowest BCUT2D eigenvalue weighted by Crippen LogP contribution is -2.55. The Balaban J connectivity index is 1.46. The summed E-state index contributed by atoms with van der Waals surface area (Å²) in [5.74, 6) is 1.03. The summed E-state index contributed by atoms with van der Waals surface area (Å²) in [6, 6.07) is 7.03. The van der Waals surface area contributed by atoms with E-state index in [4.69, 9.17) is 20.9 Å². The maximum absolute atomic E-state index is 13.2. The standard InChI is InChI=1S/C26H29N7O3S/c1-26(14-36-15-26)25(35)32-9-2-3-18(12-32)23-31-20(21-22(28)29-8-10-33(21)23)16-4-6-17(7-5-16)24(34)30-19(11-27)13-37/h4-8,10-11,13,18,27,37H,2-3,9,12,14-15H2,1H3,(H2,28,29)(H,30,34)/b19-13+,27-11?/t18-/m1/s1. The lowest BCUT2D eigenvalue weighted by atomic mass is 9.85. The number of nitrogens with one attached hydrogen (secondary N) is 2. The van der Waals surface area contributed by atoms with Gasteiger partial charge in [0.2, 0.25) is 5.91 Å². The molecule has 2 aliphatic heterocycles. The smallest absolute Gasteiger partial charge is 0.255 e. The molecule has 0 aliphatic carbocycles. The number of rotatable bonds is 6. The SMILES string of the molecule is CC1(C(=O)N2CCC[C@@H](c3nc(-c4ccc(C(=O)N/C(C=N)=C/S)cc4)c4c(N)nccn34)C2)COC1. The molecule has 0 bridgehead atoms. The highest BCUT2D eigenvalue weighted by molar-refractivity contribution is 7.83. The van der Waals surface area contributed by atoms with Gasteiger partial charge in [-0.2, -0.15) is 0 Å². The summed E-state index contributed by atoms with van der Waals surface area (Å²) in [4.78, 5) is 36.9. The molecule has 2 aromatic heterocycles. The van der Waals surface area contributed by atoms with Crippen LogP contribution in [0.25, 0.3) is 16.8 Å². The maximum atomic E-state index is 13.2. The number of hydrogen-bond acceptors (Lipinski definition) is 8. The number of allylic oxidation sites excluding steroid dienone is 1. The van der Waals surface area contributed by atoms with Crippen molar-refractivity contribution in [3.05, 3.63) is 59.2 Å². The number of imidazole rings is 1. The number of aromatic nitrogens is 3. The van der Waals surface area contributed by atoms with E-state index in [1.54, 1.807) is 18.3 Å². The van der Waals surface area contributed by atoms with Crippen LogP contribution in [0.4, 0.5) is 5.82 Å². The lowest BCUT2D eigenvalue weighted by molar-refractivity contribution is -0.169. The Bertz CT molecular complexity index is 1400. The van der Waals surface area contributed by atoms with Gasteiger partial charge >= 0.3 is 0 Å². The highest BCUT2D eigenvalue weighted by Gasteiger charge is 2.44. The van der Waals surface area contributed by atoms with E-state index in [-0.39, 0.29) is 17.7 Å². The Labute approximate surface area is 219 Å². The second-order valence-electron chi connectivity index (χ2n) is 9.75. The van der Waals surface area contributed by atoms with Crippen LogP contribution in [0.2, 0.25) is 0 Å². The van der Waals surface area contributed by atoms with Gasteiger partial charge < -0.3 is 26.1 Å². The fourth-order valence-corrected chi connectivity index (χ4v) is 5.09. The topological polar surface area (TPSA) is 139 Å². The molecule has 0 radical (unpaired) electrons. The van der Waals surface area contributed by atoms with E-state index >= 15 is 0 Å². The van der Waals surface area contributed by atoms with Gasteiger partial charge in [-0.05, 0) is 37.3 Å². The van der Waals surface area contributed by atoms with Crippen LogP contribution < -0.4 is 11.1 Å². The molecule has 37 heavy (non-hydrogen) atoms. The zero-order valence-electron chi connectivity index (χ0n) is 20.5. The summed E-state index contributed by atoms with van der Waals surface area (Å²) >= 11 is 3.99. The third kappa shape index (κ3) is 4.60. The highest BCUT2D eigenvalue weighted by atomic mass is 32.1. The molecule has 192 valence electrons. The first-order valence-electron chi connectivity index (χ1n) is 12.1. The van der Waals surface area contributed by atoms with Gasteiger partial charge in [0.05, 0.1) is 24.3 Å². The van der Waals surface area contributed by atoms with Crippen molar-refractivity contribution in [1.29, 1.82) is 5.41 Å². The quantitative estimate of drug-likeness (QED) is 0.292. The van der Waals surface area contributed by atoms with E-state index < -0.39 is 5.41 Å². The van der Waals surface area contributed by atoms with Crippen LogP contribution in [0, 0.1) is 10.8 Å². The number of nitrogens with two attached hydrogens (primary N) is 1. The summed E-state index contributed by atoms with van der Waals surface area (Å²) in [7, 11) is 0. The minimum Gasteiger partial charge on any atom is -0.382 e. The average molecular weight is 520 g/mol. The number of fused-ring (bicyclic) bond motifs is 1. The first-order chi connectivity index (χ1) is 17.8. The molecule has 3 aromatic rings. The number of ether oxygens (including phenoxy) is 1. The molecule has 4 heterocycles. The number of anilines is 1. The van der Waals surface area contributed by atoms with Crippen LogP contribution in [0.1, 0.15) is 41.9 Å². The Morgan fingerprint density at radius 1 is 1.30 bits per heavy atom. The summed E-state index contributed by atoms with van der Waals surface area (Å²) < 4.78 is 7.28. The van der Waals surface area contributed by atoms with Crippen molar-refractivity contribution in [3.63, 3.8) is 0 Å². The molecule has 0 saturated carbocycles. The van der Waals surface area contributed by atoms with Gasteiger partial charge in [-0.1, -0.05) is 12.1 Å². The number of nitrogens with zero attached hydrogens (tertiary/aromatic N) is 4. The van der Waals surface area contributed by atoms with Crippen LogP contribution in [-0.2, 0) is 9.53 Å².